The predicted molar refractivity (Wildman–Crippen MR) is 85.0 cm³/mol. The summed E-state index contributed by atoms with van der Waals surface area (Å²) in [6.45, 7) is 11.9. The first-order chi connectivity index (χ1) is 9.94. The van der Waals surface area contributed by atoms with Crippen molar-refractivity contribution >= 4 is 6.29 Å². The fourth-order valence-corrected chi connectivity index (χ4v) is 2.81. The lowest BCUT2D eigenvalue weighted by atomic mass is 10.0. The highest BCUT2D eigenvalue weighted by Gasteiger charge is 2.26. The Morgan fingerprint density at radius 3 is 2.38 bits per heavy atom. The van der Waals surface area contributed by atoms with Gasteiger partial charge in [-0.2, -0.15) is 0 Å². The van der Waals surface area contributed by atoms with Gasteiger partial charge in [0.2, 0.25) is 0 Å². The number of methoxy groups -OCH3 is 1. The number of aldehydes is 1. The molecule has 4 heteroatoms. The van der Waals surface area contributed by atoms with Crippen LogP contribution in [0.2, 0.25) is 0 Å². The van der Waals surface area contributed by atoms with Crippen molar-refractivity contribution in [3.8, 4) is 5.75 Å². The van der Waals surface area contributed by atoms with Crippen molar-refractivity contribution in [2.24, 2.45) is 0 Å². The number of carbonyl (C=O) groups is 1. The lowest BCUT2D eigenvalue weighted by molar-refractivity contribution is 0.0587. The third-order valence-corrected chi connectivity index (χ3v) is 4.16. The highest BCUT2D eigenvalue weighted by molar-refractivity contribution is 5.75. The van der Waals surface area contributed by atoms with Gasteiger partial charge >= 0.3 is 0 Å². The molecule has 0 saturated carbocycles. The molecule has 1 aliphatic rings. The van der Waals surface area contributed by atoms with Gasteiger partial charge in [-0.25, -0.2) is 0 Å². The Morgan fingerprint density at radius 2 is 1.86 bits per heavy atom. The molecule has 0 radical (unpaired) electrons. The standard InChI is InChI=1S/C17H26N2O2/c1-17(2,3)19-9-7-18(8-10-19)12-15-11-14(13-20)5-6-16(15)21-4/h5-6,11,13H,7-10,12H2,1-4H3. The Morgan fingerprint density at radius 1 is 1.19 bits per heavy atom. The highest BCUT2D eigenvalue weighted by atomic mass is 16.5. The summed E-state index contributed by atoms with van der Waals surface area (Å²) in [4.78, 5) is 15.9. The number of benzene rings is 1. The molecule has 4 nitrogen and oxygen atoms in total. The van der Waals surface area contributed by atoms with Gasteiger partial charge in [0.05, 0.1) is 7.11 Å². The molecule has 0 aliphatic carbocycles. The van der Waals surface area contributed by atoms with E-state index in [1.807, 2.05) is 12.1 Å². The highest BCUT2D eigenvalue weighted by Crippen LogP contribution is 2.23. The SMILES string of the molecule is COc1ccc(C=O)cc1CN1CCN(C(C)(C)C)CC1. The van der Waals surface area contributed by atoms with Crippen LogP contribution in [0.1, 0.15) is 36.7 Å². The summed E-state index contributed by atoms with van der Waals surface area (Å²) in [5, 5.41) is 0. The van der Waals surface area contributed by atoms with E-state index in [4.69, 9.17) is 4.74 Å². The number of piperazine rings is 1. The van der Waals surface area contributed by atoms with Gasteiger partial charge in [-0.05, 0) is 39.0 Å². The second-order valence-corrected chi connectivity index (χ2v) is 6.62. The molecule has 2 rings (SSSR count). The number of carbonyl (C=O) groups excluding carboxylic acids is 1. The first-order valence-electron chi connectivity index (χ1n) is 7.53. The molecular weight excluding hydrogens is 264 g/mol. The number of ether oxygens (including phenoxy) is 1. The molecule has 0 unspecified atom stereocenters. The number of hydrogen-bond donors (Lipinski definition) is 0. The van der Waals surface area contributed by atoms with Gasteiger partial charge in [0.15, 0.2) is 0 Å². The largest absolute Gasteiger partial charge is 0.496 e. The molecule has 0 atom stereocenters. The number of hydrogen-bond acceptors (Lipinski definition) is 4. The minimum atomic E-state index is 0.237. The average molecular weight is 290 g/mol. The van der Waals surface area contributed by atoms with Crippen molar-refractivity contribution in [2.45, 2.75) is 32.9 Å². The van der Waals surface area contributed by atoms with E-state index in [9.17, 15) is 4.79 Å². The molecule has 0 N–H and O–H groups in total. The minimum Gasteiger partial charge on any atom is -0.496 e. The quantitative estimate of drug-likeness (QED) is 0.797. The van der Waals surface area contributed by atoms with Crippen LogP contribution in [0.15, 0.2) is 18.2 Å². The van der Waals surface area contributed by atoms with Crippen LogP contribution in [0.3, 0.4) is 0 Å². The Bertz CT molecular complexity index is 486. The average Bonchev–Trinajstić information content (AvgIpc) is 2.46. The lowest BCUT2D eigenvalue weighted by Gasteiger charge is -2.42. The second kappa shape index (κ2) is 6.58. The number of rotatable bonds is 4. The van der Waals surface area contributed by atoms with E-state index in [0.29, 0.717) is 5.56 Å². The summed E-state index contributed by atoms with van der Waals surface area (Å²) in [6, 6.07) is 5.61. The van der Waals surface area contributed by atoms with E-state index < -0.39 is 0 Å². The van der Waals surface area contributed by atoms with E-state index in [1.165, 1.54) is 0 Å². The fourth-order valence-electron chi connectivity index (χ4n) is 2.81. The lowest BCUT2D eigenvalue weighted by Crippen LogP contribution is -2.53. The van der Waals surface area contributed by atoms with Crippen molar-refractivity contribution in [3.63, 3.8) is 0 Å². The fraction of sp³-hybridized carbons (Fsp3) is 0.588. The summed E-state index contributed by atoms with van der Waals surface area (Å²) in [7, 11) is 1.68. The molecule has 1 aliphatic heterocycles. The zero-order valence-corrected chi connectivity index (χ0v) is 13.6. The molecule has 21 heavy (non-hydrogen) atoms. The third-order valence-electron chi connectivity index (χ3n) is 4.16. The van der Waals surface area contributed by atoms with Crippen LogP contribution in [0.5, 0.6) is 5.75 Å². The molecule has 0 bridgehead atoms. The molecular formula is C17H26N2O2. The smallest absolute Gasteiger partial charge is 0.150 e. The van der Waals surface area contributed by atoms with Gasteiger partial charge in [-0.1, -0.05) is 0 Å². The van der Waals surface area contributed by atoms with Gasteiger partial charge in [-0.3, -0.25) is 14.6 Å². The van der Waals surface area contributed by atoms with Crippen molar-refractivity contribution in [3.05, 3.63) is 29.3 Å². The van der Waals surface area contributed by atoms with Crippen molar-refractivity contribution < 1.29 is 9.53 Å². The Labute approximate surface area is 127 Å². The van der Waals surface area contributed by atoms with E-state index in [0.717, 1.165) is 50.3 Å². The second-order valence-electron chi connectivity index (χ2n) is 6.62. The van der Waals surface area contributed by atoms with Crippen LogP contribution < -0.4 is 4.74 Å². The normalized spacial score (nSPS) is 17.7. The Hall–Kier alpha value is -1.39. The molecule has 116 valence electrons. The maximum absolute atomic E-state index is 10.9. The predicted octanol–water partition coefficient (Wildman–Crippen LogP) is 2.42. The molecule has 1 aromatic rings. The zero-order valence-electron chi connectivity index (χ0n) is 13.6. The topological polar surface area (TPSA) is 32.8 Å². The molecule has 1 saturated heterocycles. The van der Waals surface area contributed by atoms with Crippen LogP contribution in [-0.2, 0) is 6.54 Å². The molecule has 1 heterocycles. The van der Waals surface area contributed by atoms with Crippen LogP contribution in [0.4, 0.5) is 0 Å². The number of nitrogens with zero attached hydrogens (tertiary/aromatic N) is 2. The van der Waals surface area contributed by atoms with Gasteiger partial charge in [0.25, 0.3) is 0 Å². The summed E-state index contributed by atoms with van der Waals surface area (Å²) in [6.07, 6.45) is 0.889. The Balaban J connectivity index is 2.02. The summed E-state index contributed by atoms with van der Waals surface area (Å²) < 4.78 is 5.41. The maximum atomic E-state index is 10.9. The molecule has 0 amide bonds. The monoisotopic (exact) mass is 290 g/mol. The van der Waals surface area contributed by atoms with Gasteiger partial charge in [-0.15, -0.1) is 0 Å². The summed E-state index contributed by atoms with van der Waals surface area (Å²) in [5.74, 6) is 0.860. The minimum absolute atomic E-state index is 0.237. The molecule has 0 aromatic heterocycles. The first kappa shape index (κ1) is 16.0. The van der Waals surface area contributed by atoms with Crippen LogP contribution in [-0.4, -0.2) is 54.9 Å². The van der Waals surface area contributed by atoms with Crippen molar-refractivity contribution in [1.29, 1.82) is 0 Å². The Kier molecular flexibility index (Phi) is 5.01. The molecule has 1 fully saturated rings. The summed E-state index contributed by atoms with van der Waals surface area (Å²) in [5.41, 5.74) is 2.03. The van der Waals surface area contributed by atoms with Crippen LogP contribution >= 0.6 is 0 Å². The molecule has 1 aromatic carbocycles. The van der Waals surface area contributed by atoms with E-state index >= 15 is 0 Å². The first-order valence-corrected chi connectivity index (χ1v) is 7.53. The van der Waals surface area contributed by atoms with Gasteiger partial charge in [0.1, 0.15) is 12.0 Å². The maximum Gasteiger partial charge on any atom is 0.150 e. The van der Waals surface area contributed by atoms with Gasteiger partial charge < -0.3 is 4.74 Å². The van der Waals surface area contributed by atoms with Crippen LogP contribution in [0.25, 0.3) is 0 Å². The van der Waals surface area contributed by atoms with Crippen LogP contribution in [0, 0.1) is 0 Å². The summed E-state index contributed by atoms with van der Waals surface area (Å²) >= 11 is 0. The third kappa shape index (κ3) is 4.05. The van der Waals surface area contributed by atoms with E-state index in [-0.39, 0.29) is 5.54 Å². The molecule has 0 spiro atoms. The van der Waals surface area contributed by atoms with Gasteiger partial charge in [0, 0.05) is 49.4 Å². The van der Waals surface area contributed by atoms with Crippen molar-refractivity contribution in [1.82, 2.24) is 9.80 Å². The zero-order chi connectivity index (χ0) is 15.5. The van der Waals surface area contributed by atoms with E-state index in [2.05, 4.69) is 30.6 Å². The van der Waals surface area contributed by atoms with E-state index in [1.54, 1.807) is 13.2 Å². The van der Waals surface area contributed by atoms with Crippen molar-refractivity contribution in [2.75, 3.05) is 33.3 Å².